The zero-order valence-corrected chi connectivity index (χ0v) is 20.2. The molecule has 3 rings (SSSR count). The van der Waals surface area contributed by atoms with E-state index < -0.39 is 16.1 Å². The van der Waals surface area contributed by atoms with Crippen LogP contribution in [0.3, 0.4) is 0 Å². The predicted molar refractivity (Wildman–Crippen MR) is 123 cm³/mol. The Morgan fingerprint density at radius 1 is 1.03 bits per heavy atom. The first-order chi connectivity index (χ1) is 15.1. The molecule has 0 aromatic heterocycles. The van der Waals surface area contributed by atoms with Crippen LogP contribution in [-0.2, 0) is 26.2 Å². The number of carbonyl (C=O) groups is 1. The van der Waals surface area contributed by atoms with Crippen LogP contribution >= 0.6 is 0 Å². The van der Waals surface area contributed by atoms with Crippen molar-refractivity contribution >= 4 is 15.9 Å². The van der Waals surface area contributed by atoms with Crippen molar-refractivity contribution in [3.8, 4) is 5.75 Å². The van der Waals surface area contributed by atoms with Gasteiger partial charge in [-0.25, -0.2) is 8.42 Å². The molecular weight excluding hydrogens is 428 g/mol. The van der Waals surface area contributed by atoms with E-state index in [4.69, 9.17) is 9.47 Å². The average molecular weight is 461 g/mol. The molecule has 7 nitrogen and oxygen atoms in total. The average Bonchev–Trinajstić information content (AvgIpc) is 2.76. The van der Waals surface area contributed by atoms with E-state index in [-0.39, 0.29) is 19.0 Å². The predicted octanol–water partition coefficient (Wildman–Crippen LogP) is 3.06. The zero-order valence-electron chi connectivity index (χ0n) is 19.4. The Morgan fingerprint density at radius 2 is 1.66 bits per heavy atom. The molecule has 1 atom stereocenters. The number of piperazine rings is 1. The Labute approximate surface area is 191 Å². The number of sulfonamides is 1. The number of aryl methyl sites for hydroxylation is 3. The third-order valence-corrected chi connectivity index (χ3v) is 7.94. The van der Waals surface area contributed by atoms with Crippen LogP contribution in [0.4, 0.5) is 0 Å². The van der Waals surface area contributed by atoms with E-state index in [0.29, 0.717) is 24.6 Å². The fraction of sp³-hybridized carbons (Fsp3) is 0.458. The fourth-order valence-electron chi connectivity index (χ4n) is 4.16. The van der Waals surface area contributed by atoms with Crippen molar-refractivity contribution in [2.75, 3.05) is 33.3 Å². The van der Waals surface area contributed by atoms with Crippen LogP contribution in [0.2, 0.25) is 0 Å². The number of nitrogens with zero attached hydrogens (tertiary/aromatic N) is 2. The highest BCUT2D eigenvalue weighted by Gasteiger charge is 2.33. The van der Waals surface area contributed by atoms with Gasteiger partial charge in [-0.05, 0) is 56.5 Å². The molecule has 0 saturated carbocycles. The standard InChI is InChI=1S/C24H32N2O5S/c1-17-13-18(2)23(19(3)14-17)32(28,29)26-11-9-25(10-12-26)24(27)20(4)31-16-21-7-6-8-22(15-21)30-5/h6-8,13-15,20H,9-12,16H2,1-5H3. The molecule has 1 saturated heterocycles. The van der Waals surface area contributed by atoms with E-state index in [1.54, 1.807) is 18.9 Å². The molecule has 1 heterocycles. The molecule has 1 fully saturated rings. The summed E-state index contributed by atoms with van der Waals surface area (Å²) in [5.41, 5.74) is 3.46. The Morgan fingerprint density at radius 3 is 2.25 bits per heavy atom. The monoisotopic (exact) mass is 460 g/mol. The zero-order chi connectivity index (χ0) is 23.5. The van der Waals surface area contributed by atoms with Crippen LogP contribution in [0.15, 0.2) is 41.3 Å². The molecule has 0 radical (unpaired) electrons. The van der Waals surface area contributed by atoms with Gasteiger partial charge in [-0.1, -0.05) is 29.8 Å². The molecule has 2 aromatic carbocycles. The summed E-state index contributed by atoms with van der Waals surface area (Å²) in [7, 11) is -2.01. The maximum atomic E-state index is 13.2. The molecule has 0 aliphatic carbocycles. The van der Waals surface area contributed by atoms with Crippen molar-refractivity contribution in [3.63, 3.8) is 0 Å². The van der Waals surface area contributed by atoms with Gasteiger partial charge in [-0.15, -0.1) is 0 Å². The molecular formula is C24H32N2O5S. The van der Waals surface area contributed by atoms with Gasteiger partial charge in [-0.3, -0.25) is 4.79 Å². The highest BCUT2D eigenvalue weighted by atomic mass is 32.2. The lowest BCUT2D eigenvalue weighted by Gasteiger charge is -2.35. The second kappa shape index (κ2) is 10.0. The summed E-state index contributed by atoms with van der Waals surface area (Å²) < 4.78 is 39.0. The van der Waals surface area contributed by atoms with E-state index in [0.717, 1.165) is 28.0 Å². The van der Waals surface area contributed by atoms with E-state index in [1.807, 2.05) is 57.2 Å². The second-order valence-corrected chi connectivity index (χ2v) is 10.1. The van der Waals surface area contributed by atoms with Crippen LogP contribution in [0.25, 0.3) is 0 Å². The third-order valence-electron chi connectivity index (χ3n) is 5.73. The number of amides is 1. The number of rotatable bonds is 7. The van der Waals surface area contributed by atoms with Gasteiger partial charge in [0, 0.05) is 26.2 Å². The highest BCUT2D eigenvalue weighted by Crippen LogP contribution is 2.26. The first-order valence-corrected chi connectivity index (χ1v) is 12.2. The minimum absolute atomic E-state index is 0.132. The van der Waals surface area contributed by atoms with E-state index >= 15 is 0 Å². The van der Waals surface area contributed by atoms with E-state index in [2.05, 4.69) is 0 Å². The van der Waals surface area contributed by atoms with Crippen molar-refractivity contribution in [1.29, 1.82) is 0 Å². The van der Waals surface area contributed by atoms with Gasteiger partial charge in [0.1, 0.15) is 11.9 Å². The van der Waals surface area contributed by atoms with Crippen LogP contribution in [0, 0.1) is 20.8 Å². The normalized spacial score (nSPS) is 16.1. The summed E-state index contributed by atoms with van der Waals surface area (Å²) in [6.45, 7) is 8.85. The smallest absolute Gasteiger partial charge is 0.251 e. The molecule has 1 amide bonds. The minimum Gasteiger partial charge on any atom is -0.497 e. The van der Waals surface area contributed by atoms with E-state index in [9.17, 15) is 13.2 Å². The van der Waals surface area contributed by atoms with Crippen LogP contribution < -0.4 is 4.74 Å². The number of carbonyl (C=O) groups excluding carboxylic acids is 1. The Hall–Kier alpha value is -2.42. The van der Waals surface area contributed by atoms with Crippen LogP contribution in [-0.4, -0.2) is 62.9 Å². The Kier molecular flexibility index (Phi) is 7.59. The lowest BCUT2D eigenvalue weighted by atomic mass is 10.1. The third kappa shape index (κ3) is 5.31. The van der Waals surface area contributed by atoms with Crippen molar-refractivity contribution < 1.29 is 22.7 Å². The minimum atomic E-state index is -3.61. The first kappa shape index (κ1) is 24.2. The Bertz CT molecular complexity index is 1050. The number of benzene rings is 2. The molecule has 1 unspecified atom stereocenters. The molecule has 0 spiro atoms. The van der Waals surface area contributed by atoms with Crippen molar-refractivity contribution in [3.05, 3.63) is 58.7 Å². The molecule has 174 valence electrons. The van der Waals surface area contributed by atoms with Crippen LogP contribution in [0.5, 0.6) is 5.75 Å². The number of methoxy groups -OCH3 is 1. The first-order valence-electron chi connectivity index (χ1n) is 10.7. The Balaban J connectivity index is 1.59. The summed E-state index contributed by atoms with van der Waals surface area (Å²) in [6, 6.07) is 11.3. The number of hydrogen-bond acceptors (Lipinski definition) is 5. The molecule has 0 N–H and O–H groups in total. The number of ether oxygens (including phenoxy) is 2. The highest BCUT2D eigenvalue weighted by molar-refractivity contribution is 7.89. The number of hydrogen-bond donors (Lipinski definition) is 0. The molecule has 1 aliphatic rings. The molecule has 1 aliphatic heterocycles. The van der Waals surface area contributed by atoms with Gasteiger partial charge >= 0.3 is 0 Å². The summed E-state index contributed by atoms with van der Waals surface area (Å²) in [5.74, 6) is 0.606. The molecule has 2 aromatic rings. The second-order valence-electron chi connectivity index (χ2n) is 8.26. The van der Waals surface area contributed by atoms with Gasteiger partial charge in [-0.2, -0.15) is 4.31 Å². The van der Waals surface area contributed by atoms with E-state index in [1.165, 1.54) is 4.31 Å². The maximum absolute atomic E-state index is 13.2. The van der Waals surface area contributed by atoms with Crippen molar-refractivity contribution in [1.82, 2.24) is 9.21 Å². The summed E-state index contributed by atoms with van der Waals surface area (Å²) in [6.07, 6.45) is -0.619. The largest absolute Gasteiger partial charge is 0.497 e. The maximum Gasteiger partial charge on any atom is 0.251 e. The van der Waals surface area contributed by atoms with Gasteiger partial charge in [0.25, 0.3) is 5.91 Å². The van der Waals surface area contributed by atoms with Gasteiger partial charge in [0.05, 0.1) is 18.6 Å². The summed E-state index contributed by atoms with van der Waals surface area (Å²) in [4.78, 5) is 14.9. The molecule has 8 heteroatoms. The lowest BCUT2D eigenvalue weighted by Crippen LogP contribution is -2.52. The van der Waals surface area contributed by atoms with Crippen molar-refractivity contribution in [2.24, 2.45) is 0 Å². The van der Waals surface area contributed by atoms with Crippen LogP contribution in [0.1, 0.15) is 29.2 Å². The topological polar surface area (TPSA) is 76.2 Å². The summed E-state index contributed by atoms with van der Waals surface area (Å²) in [5, 5.41) is 0. The fourth-order valence-corrected chi connectivity index (χ4v) is 6.00. The quantitative estimate of drug-likeness (QED) is 0.635. The van der Waals surface area contributed by atoms with Gasteiger partial charge in [0.2, 0.25) is 10.0 Å². The summed E-state index contributed by atoms with van der Waals surface area (Å²) >= 11 is 0. The molecule has 0 bridgehead atoms. The molecule has 32 heavy (non-hydrogen) atoms. The van der Waals surface area contributed by atoms with Crippen molar-refractivity contribution in [2.45, 2.75) is 45.3 Å². The lowest BCUT2D eigenvalue weighted by molar-refractivity contribution is -0.144. The van der Waals surface area contributed by atoms with Gasteiger partial charge < -0.3 is 14.4 Å². The SMILES string of the molecule is COc1cccc(COC(C)C(=O)N2CCN(S(=O)(=O)c3c(C)cc(C)cc3C)CC2)c1. The van der Waals surface area contributed by atoms with Gasteiger partial charge in [0.15, 0.2) is 0 Å².